The molecule has 0 radical (unpaired) electrons. The summed E-state index contributed by atoms with van der Waals surface area (Å²) >= 11 is 0. The molecule has 5 nitrogen and oxygen atoms in total. The van der Waals surface area contributed by atoms with E-state index in [-0.39, 0.29) is 23.8 Å². The number of hydrogen-bond donors (Lipinski definition) is 2. The molecule has 1 saturated heterocycles. The minimum Gasteiger partial charge on any atom is -0.354 e. The second kappa shape index (κ2) is 6.37. The Kier molecular flexibility index (Phi) is 4.80. The molecule has 3 N–H and O–H groups in total. The van der Waals surface area contributed by atoms with Crippen molar-refractivity contribution < 1.29 is 9.59 Å². The average Bonchev–Trinajstić information content (AvgIpc) is 3.28. The largest absolute Gasteiger partial charge is 0.354 e. The van der Waals surface area contributed by atoms with Gasteiger partial charge in [-0.1, -0.05) is 6.92 Å². The molecule has 1 aliphatic carbocycles. The van der Waals surface area contributed by atoms with E-state index < -0.39 is 0 Å². The fourth-order valence-corrected chi connectivity index (χ4v) is 2.70. The molecule has 2 amide bonds. The maximum Gasteiger partial charge on any atom is 0.224 e. The maximum absolute atomic E-state index is 12.1. The highest BCUT2D eigenvalue weighted by Crippen LogP contribution is 2.31. The SMILES string of the molecule is CCC(=O)N1CCCC(C(=O)NCC(N)C2CC2)C1. The van der Waals surface area contributed by atoms with Gasteiger partial charge in [0.05, 0.1) is 5.92 Å². The third-order valence-electron chi connectivity index (χ3n) is 4.19. The highest BCUT2D eigenvalue weighted by atomic mass is 16.2. The number of rotatable bonds is 5. The summed E-state index contributed by atoms with van der Waals surface area (Å²) in [6, 6.07) is 0.0981. The minimum absolute atomic E-state index is 0.0596. The monoisotopic (exact) mass is 267 g/mol. The summed E-state index contributed by atoms with van der Waals surface area (Å²) in [6.07, 6.45) is 4.69. The number of nitrogens with zero attached hydrogens (tertiary/aromatic N) is 1. The molecule has 2 fully saturated rings. The van der Waals surface area contributed by atoms with Crippen molar-refractivity contribution in [3.05, 3.63) is 0 Å². The molecular formula is C14H25N3O2. The summed E-state index contributed by atoms with van der Waals surface area (Å²) in [7, 11) is 0. The topological polar surface area (TPSA) is 75.4 Å². The van der Waals surface area contributed by atoms with Gasteiger partial charge in [-0.3, -0.25) is 9.59 Å². The molecule has 2 unspecified atom stereocenters. The van der Waals surface area contributed by atoms with Crippen LogP contribution in [0.25, 0.3) is 0 Å². The van der Waals surface area contributed by atoms with E-state index in [1.807, 2.05) is 11.8 Å². The Morgan fingerprint density at radius 1 is 1.37 bits per heavy atom. The summed E-state index contributed by atoms with van der Waals surface area (Å²) < 4.78 is 0. The van der Waals surface area contributed by atoms with E-state index >= 15 is 0 Å². The van der Waals surface area contributed by atoms with Crippen LogP contribution in [0.15, 0.2) is 0 Å². The van der Waals surface area contributed by atoms with Crippen molar-refractivity contribution >= 4 is 11.8 Å². The molecule has 19 heavy (non-hydrogen) atoms. The van der Waals surface area contributed by atoms with Crippen LogP contribution in [0.4, 0.5) is 0 Å². The predicted octanol–water partition coefficient (Wildman–Crippen LogP) is 0.489. The zero-order chi connectivity index (χ0) is 13.8. The van der Waals surface area contributed by atoms with E-state index in [4.69, 9.17) is 5.73 Å². The highest BCUT2D eigenvalue weighted by Gasteiger charge is 2.31. The molecule has 2 rings (SSSR count). The van der Waals surface area contributed by atoms with Gasteiger partial charge in [0.2, 0.25) is 11.8 Å². The number of carbonyl (C=O) groups is 2. The van der Waals surface area contributed by atoms with E-state index in [1.54, 1.807) is 0 Å². The van der Waals surface area contributed by atoms with Crippen molar-refractivity contribution in [2.24, 2.45) is 17.6 Å². The van der Waals surface area contributed by atoms with Crippen molar-refractivity contribution in [2.75, 3.05) is 19.6 Å². The second-order valence-electron chi connectivity index (χ2n) is 5.78. The van der Waals surface area contributed by atoms with Crippen LogP contribution in [-0.2, 0) is 9.59 Å². The van der Waals surface area contributed by atoms with E-state index in [0.29, 0.717) is 25.4 Å². The van der Waals surface area contributed by atoms with E-state index in [0.717, 1.165) is 19.4 Å². The molecule has 1 aliphatic heterocycles. The Hall–Kier alpha value is -1.10. The first kappa shape index (κ1) is 14.3. The van der Waals surface area contributed by atoms with Gasteiger partial charge in [-0.05, 0) is 31.6 Å². The van der Waals surface area contributed by atoms with Gasteiger partial charge in [-0.15, -0.1) is 0 Å². The van der Waals surface area contributed by atoms with Crippen LogP contribution in [-0.4, -0.2) is 42.4 Å². The van der Waals surface area contributed by atoms with Crippen LogP contribution in [0.2, 0.25) is 0 Å². The first-order chi connectivity index (χ1) is 9.11. The summed E-state index contributed by atoms with van der Waals surface area (Å²) in [5.41, 5.74) is 5.97. The number of amides is 2. The number of nitrogens with two attached hydrogens (primary N) is 1. The molecule has 5 heteroatoms. The van der Waals surface area contributed by atoms with Gasteiger partial charge in [0.25, 0.3) is 0 Å². The van der Waals surface area contributed by atoms with Gasteiger partial charge in [-0.2, -0.15) is 0 Å². The quantitative estimate of drug-likeness (QED) is 0.761. The van der Waals surface area contributed by atoms with E-state index in [2.05, 4.69) is 5.32 Å². The minimum atomic E-state index is -0.0596. The van der Waals surface area contributed by atoms with Gasteiger partial charge in [0, 0.05) is 32.1 Å². The summed E-state index contributed by atoms with van der Waals surface area (Å²) in [5.74, 6) is 0.748. The third-order valence-corrected chi connectivity index (χ3v) is 4.19. The van der Waals surface area contributed by atoms with E-state index in [1.165, 1.54) is 12.8 Å². The number of nitrogens with one attached hydrogen (secondary N) is 1. The molecule has 0 aromatic heterocycles. The Labute approximate surface area is 114 Å². The van der Waals surface area contributed by atoms with Crippen LogP contribution >= 0.6 is 0 Å². The molecule has 0 aromatic carbocycles. The zero-order valence-electron chi connectivity index (χ0n) is 11.7. The zero-order valence-corrected chi connectivity index (χ0v) is 11.7. The van der Waals surface area contributed by atoms with Crippen LogP contribution in [0.3, 0.4) is 0 Å². The Morgan fingerprint density at radius 3 is 2.74 bits per heavy atom. The summed E-state index contributed by atoms with van der Waals surface area (Å²) in [4.78, 5) is 25.6. The molecule has 1 heterocycles. The first-order valence-corrected chi connectivity index (χ1v) is 7.43. The Bertz CT molecular complexity index is 342. The molecule has 1 saturated carbocycles. The van der Waals surface area contributed by atoms with Crippen molar-refractivity contribution in [1.82, 2.24) is 10.2 Å². The highest BCUT2D eigenvalue weighted by molar-refractivity contribution is 5.81. The molecule has 0 bridgehead atoms. The lowest BCUT2D eigenvalue weighted by atomic mass is 9.96. The van der Waals surface area contributed by atoms with Crippen molar-refractivity contribution in [3.63, 3.8) is 0 Å². The maximum atomic E-state index is 12.1. The second-order valence-corrected chi connectivity index (χ2v) is 5.78. The van der Waals surface area contributed by atoms with Crippen LogP contribution in [0.1, 0.15) is 39.0 Å². The molecule has 2 aliphatic rings. The van der Waals surface area contributed by atoms with E-state index in [9.17, 15) is 9.59 Å². The van der Waals surface area contributed by atoms with Gasteiger partial charge in [-0.25, -0.2) is 0 Å². The number of hydrogen-bond acceptors (Lipinski definition) is 3. The summed E-state index contributed by atoms with van der Waals surface area (Å²) in [6.45, 7) is 3.79. The van der Waals surface area contributed by atoms with Crippen molar-refractivity contribution in [1.29, 1.82) is 0 Å². The summed E-state index contributed by atoms with van der Waals surface area (Å²) in [5, 5.41) is 2.95. The van der Waals surface area contributed by atoms with Gasteiger partial charge in [0.1, 0.15) is 0 Å². The Balaban J connectivity index is 1.76. The lowest BCUT2D eigenvalue weighted by Crippen LogP contribution is -2.47. The predicted molar refractivity (Wildman–Crippen MR) is 73.3 cm³/mol. The fourth-order valence-electron chi connectivity index (χ4n) is 2.70. The lowest BCUT2D eigenvalue weighted by molar-refractivity contribution is -0.135. The smallest absolute Gasteiger partial charge is 0.224 e. The number of carbonyl (C=O) groups excluding carboxylic acids is 2. The molecule has 0 aromatic rings. The molecule has 108 valence electrons. The van der Waals surface area contributed by atoms with Crippen LogP contribution < -0.4 is 11.1 Å². The fraction of sp³-hybridized carbons (Fsp3) is 0.857. The average molecular weight is 267 g/mol. The third kappa shape index (κ3) is 3.93. The van der Waals surface area contributed by atoms with Crippen LogP contribution in [0.5, 0.6) is 0 Å². The van der Waals surface area contributed by atoms with Gasteiger partial charge < -0.3 is 16.0 Å². The lowest BCUT2D eigenvalue weighted by Gasteiger charge is -2.32. The normalized spacial score (nSPS) is 24.9. The number of likely N-dealkylation sites (tertiary alicyclic amines) is 1. The van der Waals surface area contributed by atoms with Gasteiger partial charge in [0.15, 0.2) is 0 Å². The molecule has 0 spiro atoms. The Morgan fingerprint density at radius 2 is 2.11 bits per heavy atom. The molecular weight excluding hydrogens is 242 g/mol. The van der Waals surface area contributed by atoms with Crippen molar-refractivity contribution in [2.45, 2.75) is 45.1 Å². The molecule has 2 atom stereocenters. The van der Waals surface area contributed by atoms with Crippen molar-refractivity contribution in [3.8, 4) is 0 Å². The first-order valence-electron chi connectivity index (χ1n) is 7.43. The number of piperidine rings is 1. The van der Waals surface area contributed by atoms with Crippen LogP contribution in [0, 0.1) is 11.8 Å². The van der Waals surface area contributed by atoms with Gasteiger partial charge >= 0.3 is 0 Å². The standard InChI is InChI=1S/C14H25N3O2/c1-2-13(18)17-7-3-4-11(9-17)14(19)16-8-12(15)10-5-6-10/h10-12H,2-9,15H2,1H3,(H,16,19).